The molecule has 3 rings (SSSR count). The van der Waals surface area contributed by atoms with Crippen LogP contribution in [0.2, 0.25) is 0 Å². The number of hydrogen-bond acceptors (Lipinski definition) is 3. The summed E-state index contributed by atoms with van der Waals surface area (Å²) in [6, 6.07) is 4.42. The Balaban J connectivity index is 1.52. The molecule has 0 aliphatic rings. The van der Waals surface area contributed by atoms with Gasteiger partial charge < -0.3 is 0 Å². The highest BCUT2D eigenvalue weighted by atomic mass is 79.9. The van der Waals surface area contributed by atoms with E-state index in [0.717, 1.165) is 5.52 Å². The molecule has 0 aromatic carbocycles. The van der Waals surface area contributed by atoms with Gasteiger partial charge >= 0.3 is 0 Å². The van der Waals surface area contributed by atoms with Crippen LogP contribution in [-0.2, 0) is 6.42 Å². The largest absolute Gasteiger partial charge is 0.246 e. The second-order valence-electron chi connectivity index (χ2n) is 7.36. The van der Waals surface area contributed by atoms with Gasteiger partial charge in [0, 0.05) is 4.88 Å². The molecule has 3 aromatic heterocycles. The number of unbranched alkanes of at least 4 members (excludes halogenated alkanes) is 9. The summed E-state index contributed by atoms with van der Waals surface area (Å²) >= 11 is 7.41. The standard InChI is InChI=1S/C22H30BrNS2/c1-3-4-5-6-7-8-9-10-11-12-13-17-21-18(14-16(2)25-21)24-19-15-20(23)26-22(17)19/h14-15H,3-13H2,1-2H3. The Morgan fingerprint density at radius 1 is 0.808 bits per heavy atom. The number of aryl methyl sites for hydroxylation is 2. The first-order valence-corrected chi connectivity index (χ1v) is 12.6. The van der Waals surface area contributed by atoms with Gasteiger partial charge in [0.2, 0.25) is 0 Å². The smallest absolute Gasteiger partial charge is 0.0832 e. The molecule has 0 bridgehead atoms. The van der Waals surface area contributed by atoms with Crippen LogP contribution in [0.15, 0.2) is 15.9 Å². The number of aromatic nitrogens is 1. The molecule has 0 spiro atoms. The Labute approximate surface area is 174 Å². The quantitative estimate of drug-likeness (QED) is 0.264. The fraction of sp³-hybridized carbons (Fsp3) is 0.591. The SMILES string of the molecule is CCCCCCCCCCCCc1c2sc(C)cc2nc2cc(Br)sc12. The van der Waals surface area contributed by atoms with Crippen LogP contribution in [0.3, 0.4) is 0 Å². The van der Waals surface area contributed by atoms with Crippen LogP contribution in [0.1, 0.15) is 81.6 Å². The van der Waals surface area contributed by atoms with E-state index < -0.39 is 0 Å². The first-order valence-electron chi connectivity index (χ1n) is 10.2. The minimum atomic E-state index is 1.16. The van der Waals surface area contributed by atoms with Gasteiger partial charge in [0.15, 0.2) is 0 Å². The third kappa shape index (κ3) is 5.30. The van der Waals surface area contributed by atoms with Crippen molar-refractivity contribution in [3.63, 3.8) is 0 Å². The number of thiophene rings is 2. The van der Waals surface area contributed by atoms with Crippen molar-refractivity contribution in [1.29, 1.82) is 0 Å². The molecule has 0 saturated carbocycles. The lowest BCUT2D eigenvalue weighted by Gasteiger charge is -2.06. The van der Waals surface area contributed by atoms with E-state index in [-0.39, 0.29) is 0 Å². The van der Waals surface area contributed by atoms with Gasteiger partial charge in [0.25, 0.3) is 0 Å². The predicted molar refractivity (Wildman–Crippen MR) is 123 cm³/mol. The van der Waals surface area contributed by atoms with Crippen LogP contribution in [0.5, 0.6) is 0 Å². The van der Waals surface area contributed by atoms with Crippen LogP contribution < -0.4 is 0 Å². The molecule has 0 atom stereocenters. The molecule has 0 amide bonds. The van der Waals surface area contributed by atoms with Gasteiger partial charge in [-0.05, 0) is 53.4 Å². The molecule has 0 unspecified atom stereocenters. The lowest BCUT2D eigenvalue weighted by molar-refractivity contribution is 0.557. The minimum absolute atomic E-state index is 1.16. The summed E-state index contributed by atoms with van der Waals surface area (Å²) in [5, 5.41) is 0. The van der Waals surface area contributed by atoms with Crippen LogP contribution in [0, 0.1) is 6.92 Å². The highest BCUT2D eigenvalue weighted by molar-refractivity contribution is 9.11. The Hall–Kier alpha value is -0.450. The van der Waals surface area contributed by atoms with E-state index in [1.165, 1.54) is 94.2 Å². The summed E-state index contributed by atoms with van der Waals surface area (Å²) in [6.45, 7) is 4.48. The maximum Gasteiger partial charge on any atom is 0.0832 e. The average molecular weight is 453 g/mol. The lowest BCUT2D eigenvalue weighted by atomic mass is 10.0. The molecule has 3 aromatic rings. The van der Waals surface area contributed by atoms with Gasteiger partial charge in [0.1, 0.15) is 0 Å². The van der Waals surface area contributed by atoms with E-state index in [0.29, 0.717) is 0 Å². The Morgan fingerprint density at radius 3 is 2.08 bits per heavy atom. The molecule has 3 heterocycles. The first kappa shape index (κ1) is 20.3. The van der Waals surface area contributed by atoms with E-state index >= 15 is 0 Å². The van der Waals surface area contributed by atoms with Crippen molar-refractivity contribution in [3.05, 3.63) is 26.4 Å². The lowest BCUT2D eigenvalue weighted by Crippen LogP contribution is -1.89. The molecule has 26 heavy (non-hydrogen) atoms. The molecule has 0 saturated heterocycles. The summed E-state index contributed by atoms with van der Waals surface area (Å²) in [6.07, 6.45) is 15.1. The highest BCUT2D eigenvalue weighted by Gasteiger charge is 2.14. The van der Waals surface area contributed by atoms with Gasteiger partial charge in [-0.3, -0.25) is 0 Å². The maximum atomic E-state index is 4.87. The summed E-state index contributed by atoms with van der Waals surface area (Å²) < 4.78 is 4.00. The zero-order valence-corrected chi connectivity index (χ0v) is 19.3. The number of pyridine rings is 1. The monoisotopic (exact) mass is 451 g/mol. The molecule has 0 fully saturated rings. The van der Waals surface area contributed by atoms with Crippen LogP contribution in [-0.4, -0.2) is 4.98 Å². The zero-order valence-electron chi connectivity index (χ0n) is 16.1. The summed E-state index contributed by atoms with van der Waals surface area (Å²) in [4.78, 5) is 6.24. The molecule has 0 radical (unpaired) electrons. The number of halogens is 1. The zero-order chi connectivity index (χ0) is 18.4. The minimum Gasteiger partial charge on any atom is -0.246 e. The first-order chi connectivity index (χ1) is 12.7. The molecule has 0 aliphatic heterocycles. The van der Waals surface area contributed by atoms with Gasteiger partial charge in [0.05, 0.1) is 24.2 Å². The van der Waals surface area contributed by atoms with Crippen molar-refractivity contribution >= 4 is 59.0 Å². The third-order valence-electron chi connectivity index (χ3n) is 5.09. The molecule has 1 nitrogen and oxygen atoms in total. The molecule has 0 N–H and O–H groups in total. The second-order valence-corrected chi connectivity index (χ2v) is 11.0. The van der Waals surface area contributed by atoms with E-state index in [1.807, 2.05) is 22.7 Å². The highest BCUT2D eigenvalue weighted by Crippen LogP contribution is 2.38. The molecule has 4 heteroatoms. The van der Waals surface area contributed by atoms with Gasteiger partial charge in [-0.25, -0.2) is 4.98 Å². The van der Waals surface area contributed by atoms with Crippen molar-refractivity contribution in [2.45, 2.75) is 84.5 Å². The normalized spacial score (nSPS) is 11.8. The fourth-order valence-corrected chi connectivity index (χ4v) is 6.40. The fourth-order valence-electron chi connectivity index (χ4n) is 3.70. The average Bonchev–Trinajstić information content (AvgIpc) is 3.16. The van der Waals surface area contributed by atoms with E-state index in [1.54, 1.807) is 5.56 Å². The maximum absolute atomic E-state index is 4.87. The van der Waals surface area contributed by atoms with Crippen LogP contribution >= 0.6 is 38.6 Å². The molecule has 142 valence electrons. The van der Waals surface area contributed by atoms with Gasteiger partial charge in [-0.2, -0.15) is 0 Å². The van der Waals surface area contributed by atoms with E-state index in [4.69, 9.17) is 4.98 Å². The number of rotatable bonds is 11. The topological polar surface area (TPSA) is 12.9 Å². The number of hydrogen-bond donors (Lipinski definition) is 0. The summed E-state index contributed by atoms with van der Waals surface area (Å²) in [7, 11) is 0. The van der Waals surface area contributed by atoms with Crippen molar-refractivity contribution in [3.8, 4) is 0 Å². The van der Waals surface area contributed by atoms with Gasteiger partial charge in [-0.15, -0.1) is 22.7 Å². The van der Waals surface area contributed by atoms with Crippen molar-refractivity contribution < 1.29 is 0 Å². The Kier molecular flexibility index (Phi) is 7.95. The Morgan fingerprint density at radius 2 is 1.38 bits per heavy atom. The summed E-state index contributed by atoms with van der Waals surface area (Å²) in [5.41, 5.74) is 3.89. The molecule has 0 aliphatic carbocycles. The molecular formula is C22H30BrNS2. The Bertz CT molecular complexity index is 779. The second kappa shape index (κ2) is 10.2. The van der Waals surface area contributed by atoms with Gasteiger partial charge in [-0.1, -0.05) is 64.7 Å². The third-order valence-corrected chi connectivity index (χ3v) is 7.87. The van der Waals surface area contributed by atoms with Crippen molar-refractivity contribution in [2.24, 2.45) is 0 Å². The van der Waals surface area contributed by atoms with Crippen molar-refractivity contribution in [1.82, 2.24) is 4.98 Å². The summed E-state index contributed by atoms with van der Waals surface area (Å²) in [5.74, 6) is 0. The number of nitrogens with zero attached hydrogens (tertiary/aromatic N) is 1. The van der Waals surface area contributed by atoms with E-state index in [9.17, 15) is 0 Å². The molecular weight excluding hydrogens is 422 g/mol. The van der Waals surface area contributed by atoms with Crippen molar-refractivity contribution in [2.75, 3.05) is 0 Å². The number of fused-ring (bicyclic) bond motifs is 2. The van der Waals surface area contributed by atoms with Crippen LogP contribution in [0.25, 0.3) is 20.4 Å². The predicted octanol–water partition coefficient (Wildman–Crippen LogP) is 9.05. The van der Waals surface area contributed by atoms with E-state index in [2.05, 4.69) is 41.9 Å². The van der Waals surface area contributed by atoms with Crippen LogP contribution in [0.4, 0.5) is 0 Å².